The van der Waals surface area contributed by atoms with Crippen molar-refractivity contribution in [3.05, 3.63) is 22.6 Å². The number of rotatable bonds is 3. The zero-order chi connectivity index (χ0) is 15.3. The Bertz CT molecular complexity index is 566. The first-order chi connectivity index (χ1) is 9.37. The highest BCUT2D eigenvalue weighted by Gasteiger charge is 2.26. The molecule has 0 amide bonds. The summed E-state index contributed by atoms with van der Waals surface area (Å²) in [5, 5.41) is 6.89. The minimum absolute atomic E-state index is 0.193. The molecule has 1 N–H and O–H groups in total. The maximum Gasteiger partial charge on any atom is 0.390 e. The molecular weight excluding hydrogens is 337 g/mol. The van der Waals surface area contributed by atoms with Crippen molar-refractivity contribution in [1.29, 1.82) is 0 Å². The first kappa shape index (κ1) is 16.7. The molecule has 20 heavy (non-hydrogen) atoms. The van der Waals surface area contributed by atoms with Gasteiger partial charge in [0.05, 0.1) is 24.0 Å². The van der Waals surface area contributed by atoms with E-state index in [0.717, 1.165) is 5.69 Å². The van der Waals surface area contributed by atoms with Crippen molar-refractivity contribution in [2.75, 3.05) is 11.9 Å². The molecule has 0 radical (unpaired) electrons. The van der Waals surface area contributed by atoms with Crippen LogP contribution in [-0.2, 0) is 0 Å². The van der Waals surface area contributed by atoms with Gasteiger partial charge in [-0.25, -0.2) is 9.50 Å². The van der Waals surface area contributed by atoms with Crippen LogP contribution in [0, 0.1) is 6.92 Å². The largest absolute Gasteiger partial charge is 0.390 e. The highest BCUT2D eigenvalue weighted by Crippen LogP contribution is 2.23. The molecule has 0 aromatic carbocycles. The molecule has 0 aliphatic rings. The molecule has 0 aliphatic carbocycles. The van der Waals surface area contributed by atoms with E-state index in [1.54, 1.807) is 16.8 Å². The zero-order valence-corrected chi connectivity index (χ0v) is 13.0. The van der Waals surface area contributed by atoms with Gasteiger partial charge in [-0.1, -0.05) is 13.8 Å². The fourth-order valence-electron chi connectivity index (χ4n) is 1.52. The smallest absolute Gasteiger partial charge is 0.382 e. The van der Waals surface area contributed by atoms with Gasteiger partial charge in [-0.05, 0) is 28.9 Å². The number of hydrogen-bond donors (Lipinski definition) is 1. The molecule has 2 aromatic heterocycles. The summed E-state index contributed by atoms with van der Waals surface area (Å²) in [5.41, 5.74) is 1.84. The molecule has 112 valence electrons. The lowest BCUT2D eigenvalue weighted by Crippen LogP contribution is -2.15. The molecule has 8 heteroatoms. The van der Waals surface area contributed by atoms with Crippen LogP contribution in [0.5, 0.6) is 0 Å². The first-order valence-electron chi connectivity index (χ1n) is 6.18. The molecule has 4 nitrogen and oxygen atoms in total. The number of nitrogens with one attached hydrogen (secondary N) is 1. The van der Waals surface area contributed by atoms with E-state index in [-0.39, 0.29) is 6.54 Å². The van der Waals surface area contributed by atoms with Gasteiger partial charge in [0.1, 0.15) is 4.60 Å². The van der Waals surface area contributed by atoms with E-state index in [0.29, 0.717) is 15.9 Å². The van der Waals surface area contributed by atoms with E-state index in [1.165, 1.54) is 0 Å². The van der Waals surface area contributed by atoms with Crippen molar-refractivity contribution < 1.29 is 13.2 Å². The molecule has 0 aliphatic heterocycles. The summed E-state index contributed by atoms with van der Waals surface area (Å²) < 4.78 is 38.3. The average Bonchev–Trinajstić information content (AvgIpc) is 2.72. The Hall–Kier alpha value is -1.31. The Kier molecular flexibility index (Phi) is 5.79. The van der Waals surface area contributed by atoms with Gasteiger partial charge in [-0.2, -0.15) is 18.3 Å². The van der Waals surface area contributed by atoms with Crippen molar-refractivity contribution >= 4 is 27.3 Å². The lowest BCUT2D eigenvalue weighted by atomic mass is 10.4. The highest BCUT2D eigenvalue weighted by molar-refractivity contribution is 9.10. The van der Waals surface area contributed by atoms with Crippen LogP contribution in [0.4, 0.5) is 18.9 Å². The van der Waals surface area contributed by atoms with Crippen LogP contribution in [0.2, 0.25) is 0 Å². The van der Waals surface area contributed by atoms with Crippen molar-refractivity contribution in [3.63, 3.8) is 0 Å². The Morgan fingerprint density at radius 1 is 1.35 bits per heavy atom. The summed E-state index contributed by atoms with van der Waals surface area (Å²) in [7, 11) is 0. The lowest BCUT2D eigenvalue weighted by Gasteiger charge is -2.10. The van der Waals surface area contributed by atoms with Gasteiger partial charge < -0.3 is 5.32 Å². The minimum atomic E-state index is -4.17. The van der Waals surface area contributed by atoms with Gasteiger partial charge in [0.2, 0.25) is 0 Å². The van der Waals surface area contributed by atoms with E-state index in [2.05, 4.69) is 31.3 Å². The SMILES string of the molecule is CC.Cc1cnc2c(NCCC(F)(F)F)cc(Br)nn12. The van der Waals surface area contributed by atoms with E-state index >= 15 is 0 Å². The van der Waals surface area contributed by atoms with Crippen LogP contribution < -0.4 is 5.32 Å². The van der Waals surface area contributed by atoms with Crippen LogP contribution >= 0.6 is 15.9 Å². The summed E-state index contributed by atoms with van der Waals surface area (Å²) >= 11 is 3.21. The first-order valence-corrected chi connectivity index (χ1v) is 6.97. The number of halogens is 4. The van der Waals surface area contributed by atoms with E-state index in [9.17, 15) is 13.2 Å². The standard InChI is InChI=1S/C10H10BrF3N4.C2H6/c1-6-5-16-9-7(4-8(11)17-18(6)9)15-3-2-10(12,13)14;1-2/h4-5,15H,2-3H2,1H3;1-2H3. The summed E-state index contributed by atoms with van der Waals surface area (Å²) in [4.78, 5) is 4.11. The molecular formula is C12H16BrF3N4. The second kappa shape index (κ2) is 6.92. The van der Waals surface area contributed by atoms with Gasteiger partial charge in [0.15, 0.2) is 5.65 Å². The molecule has 0 saturated heterocycles. The van der Waals surface area contributed by atoms with Gasteiger partial charge >= 0.3 is 6.18 Å². The van der Waals surface area contributed by atoms with Crippen LogP contribution in [0.25, 0.3) is 5.65 Å². The second-order valence-corrected chi connectivity index (χ2v) is 4.62. The quantitative estimate of drug-likeness (QED) is 0.900. The third-order valence-electron chi connectivity index (χ3n) is 2.33. The van der Waals surface area contributed by atoms with Crippen molar-refractivity contribution in [3.8, 4) is 0 Å². The molecule has 0 atom stereocenters. The van der Waals surface area contributed by atoms with Crippen molar-refractivity contribution in [1.82, 2.24) is 14.6 Å². The normalized spacial score (nSPS) is 11.2. The highest BCUT2D eigenvalue weighted by atomic mass is 79.9. The number of fused-ring (bicyclic) bond motifs is 1. The van der Waals surface area contributed by atoms with Gasteiger partial charge in [-0.15, -0.1) is 0 Å². The van der Waals surface area contributed by atoms with Gasteiger partial charge in [0, 0.05) is 6.54 Å². The summed E-state index contributed by atoms with van der Waals surface area (Å²) in [6.45, 7) is 5.63. The number of nitrogens with zero attached hydrogens (tertiary/aromatic N) is 3. The molecule has 2 heterocycles. The number of anilines is 1. The fraction of sp³-hybridized carbons (Fsp3) is 0.500. The van der Waals surface area contributed by atoms with E-state index < -0.39 is 12.6 Å². The Morgan fingerprint density at radius 3 is 2.60 bits per heavy atom. The topological polar surface area (TPSA) is 42.2 Å². The Balaban J connectivity index is 0.000000956. The maximum absolute atomic E-state index is 12.1. The van der Waals surface area contributed by atoms with Crippen LogP contribution in [0.15, 0.2) is 16.9 Å². The lowest BCUT2D eigenvalue weighted by molar-refractivity contribution is -0.131. The molecule has 0 bridgehead atoms. The predicted octanol–water partition coefficient (Wildman–Crippen LogP) is 4.19. The second-order valence-electron chi connectivity index (χ2n) is 3.81. The van der Waals surface area contributed by atoms with Gasteiger partial charge in [0.25, 0.3) is 0 Å². The number of hydrogen-bond acceptors (Lipinski definition) is 3. The number of aromatic nitrogens is 3. The molecule has 0 spiro atoms. The van der Waals surface area contributed by atoms with Crippen LogP contribution in [0.3, 0.4) is 0 Å². The van der Waals surface area contributed by atoms with Crippen molar-refractivity contribution in [2.45, 2.75) is 33.4 Å². The number of alkyl halides is 3. The molecule has 0 saturated carbocycles. The minimum Gasteiger partial charge on any atom is -0.382 e. The Morgan fingerprint density at radius 2 is 2.00 bits per heavy atom. The molecule has 2 aromatic rings. The monoisotopic (exact) mass is 352 g/mol. The fourth-order valence-corrected chi connectivity index (χ4v) is 1.91. The average molecular weight is 353 g/mol. The summed E-state index contributed by atoms with van der Waals surface area (Å²) in [5.74, 6) is 0. The maximum atomic E-state index is 12.1. The third kappa shape index (κ3) is 4.36. The van der Waals surface area contributed by atoms with Crippen LogP contribution in [-0.4, -0.2) is 27.3 Å². The number of imidazole rings is 1. The summed E-state index contributed by atoms with van der Waals surface area (Å²) in [6, 6.07) is 1.61. The van der Waals surface area contributed by atoms with Gasteiger partial charge in [-0.3, -0.25) is 0 Å². The third-order valence-corrected chi connectivity index (χ3v) is 2.72. The van der Waals surface area contributed by atoms with E-state index in [4.69, 9.17) is 0 Å². The molecule has 0 fully saturated rings. The van der Waals surface area contributed by atoms with E-state index in [1.807, 2.05) is 20.8 Å². The molecule has 0 unspecified atom stereocenters. The predicted molar refractivity (Wildman–Crippen MR) is 75.9 cm³/mol. The molecule has 2 rings (SSSR count). The summed E-state index contributed by atoms with van der Waals surface area (Å²) in [6.07, 6.45) is -3.44. The van der Waals surface area contributed by atoms with Crippen LogP contribution in [0.1, 0.15) is 26.0 Å². The zero-order valence-electron chi connectivity index (χ0n) is 11.4. The van der Waals surface area contributed by atoms with Crippen molar-refractivity contribution in [2.24, 2.45) is 0 Å². The Labute approximate surface area is 123 Å². The number of aryl methyl sites for hydroxylation is 1.